The Hall–Kier alpha value is -2.02. The first-order chi connectivity index (χ1) is 10.9. The van der Waals surface area contributed by atoms with E-state index in [1.54, 1.807) is 18.2 Å². The lowest BCUT2D eigenvalue weighted by atomic mass is 10.1. The quantitative estimate of drug-likeness (QED) is 0.853. The Morgan fingerprint density at radius 3 is 2.48 bits per heavy atom. The maximum absolute atomic E-state index is 13.5. The van der Waals surface area contributed by atoms with Crippen LogP contribution < -0.4 is 4.72 Å². The third-order valence-electron chi connectivity index (χ3n) is 3.26. The predicted octanol–water partition coefficient (Wildman–Crippen LogP) is 2.76. The fourth-order valence-electron chi connectivity index (χ4n) is 1.94. The molecule has 0 radical (unpaired) electrons. The van der Waals surface area contributed by atoms with Crippen molar-refractivity contribution in [1.29, 1.82) is 0 Å². The number of rotatable bonds is 6. The van der Waals surface area contributed by atoms with Gasteiger partial charge in [-0.3, -0.25) is 0 Å². The number of hydrogen-bond acceptors (Lipinski definition) is 3. The summed E-state index contributed by atoms with van der Waals surface area (Å²) in [5, 5.41) is 10.9. The lowest BCUT2D eigenvalue weighted by Gasteiger charge is -2.12. The molecule has 0 aliphatic rings. The summed E-state index contributed by atoms with van der Waals surface area (Å²) in [5.41, 5.74) is 1.88. The first kappa shape index (κ1) is 17.3. The van der Waals surface area contributed by atoms with Gasteiger partial charge in [-0.2, -0.15) is 0 Å². The van der Waals surface area contributed by atoms with E-state index in [0.29, 0.717) is 0 Å². The van der Waals surface area contributed by atoms with Gasteiger partial charge in [-0.15, -0.1) is 0 Å². The van der Waals surface area contributed by atoms with E-state index in [1.165, 1.54) is 24.3 Å². The molecule has 0 aliphatic heterocycles. The average molecular weight is 335 g/mol. The minimum atomic E-state index is -3.72. The molecular formula is C17H18FNO3S. The first-order valence-electron chi connectivity index (χ1n) is 7.04. The van der Waals surface area contributed by atoms with E-state index in [-0.39, 0.29) is 12.1 Å². The van der Waals surface area contributed by atoms with Gasteiger partial charge in [0.25, 0.3) is 0 Å². The van der Waals surface area contributed by atoms with Crippen LogP contribution in [-0.4, -0.2) is 20.1 Å². The third kappa shape index (κ3) is 5.28. The molecule has 2 N–H and O–H groups in total. The molecule has 0 saturated heterocycles. The summed E-state index contributed by atoms with van der Waals surface area (Å²) >= 11 is 0. The minimum absolute atomic E-state index is 0.0534. The van der Waals surface area contributed by atoms with Gasteiger partial charge in [0.2, 0.25) is 10.0 Å². The van der Waals surface area contributed by atoms with Crippen molar-refractivity contribution in [2.45, 2.75) is 13.0 Å². The molecule has 4 nitrogen and oxygen atoms in total. The number of sulfonamides is 1. The van der Waals surface area contributed by atoms with Crippen LogP contribution in [0, 0.1) is 12.7 Å². The summed E-state index contributed by atoms with van der Waals surface area (Å²) in [5.74, 6) is -0.575. The van der Waals surface area contributed by atoms with Crippen molar-refractivity contribution in [2.24, 2.45) is 0 Å². The van der Waals surface area contributed by atoms with Crippen molar-refractivity contribution in [3.63, 3.8) is 0 Å². The summed E-state index contributed by atoms with van der Waals surface area (Å²) in [4.78, 5) is 0. The van der Waals surface area contributed by atoms with Crippen LogP contribution in [-0.2, 0) is 10.0 Å². The van der Waals surface area contributed by atoms with E-state index >= 15 is 0 Å². The van der Waals surface area contributed by atoms with E-state index in [2.05, 4.69) is 4.72 Å². The molecule has 0 amide bonds. The Kier molecular flexibility index (Phi) is 5.65. The van der Waals surface area contributed by atoms with Gasteiger partial charge >= 0.3 is 0 Å². The number of aliphatic hydroxyl groups excluding tert-OH is 1. The molecule has 0 fully saturated rings. The van der Waals surface area contributed by atoms with E-state index in [4.69, 9.17) is 0 Å². The van der Waals surface area contributed by atoms with E-state index in [0.717, 1.165) is 16.5 Å². The van der Waals surface area contributed by atoms with Gasteiger partial charge in [-0.1, -0.05) is 48.0 Å². The van der Waals surface area contributed by atoms with Crippen LogP contribution in [0.2, 0.25) is 0 Å². The van der Waals surface area contributed by atoms with Crippen LogP contribution in [0.5, 0.6) is 0 Å². The predicted molar refractivity (Wildman–Crippen MR) is 88.5 cm³/mol. The normalized spacial score (nSPS) is 13.3. The number of nitrogens with one attached hydrogen (secondary N) is 1. The molecule has 2 rings (SSSR count). The molecule has 1 atom stereocenters. The second-order valence-corrected chi connectivity index (χ2v) is 6.80. The second kappa shape index (κ2) is 7.50. The molecule has 23 heavy (non-hydrogen) atoms. The molecule has 2 aromatic carbocycles. The van der Waals surface area contributed by atoms with Crippen molar-refractivity contribution in [1.82, 2.24) is 4.72 Å². The Morgan fingerprint density at radius 2 is 1.83 bits per heavy atom. The van der Waals surface area contributed by atoms with Crippen LogP contribution in [0.15, 0.2) is 53.9 Å². The Balaban J connectivity index is 1.98. The van der Waals surface area contributed by atoms with Crippen LogP contribution in [0.1, 0.15) is 22.8 Å². The van der Waals surface area contributed by atoms with E-state index < -0.39 is 21.9 Å². The number of benzene rings is 2. The van der Waals surface area contributed by atoms with Gasteiger partial charge in [-0.25, -0.2) is 17.5 Å². The van der Waals surface area contributed by atoms with Gasteiger partial charge < -0.3 is 5.11 Å². The fraction of sp³-hybridized carbons (Fsp3) is 0.176. The molecule has 122 valence electrons. The number of hydrogen-bond donors (Lipinski definition) is 2. The van der Waals surface area contributed by atoms with Crippen molar-refractivity contribution < 1.29 is 17.9 Å². The van der Waals surface area contributed by atoms with Crippen LogP contribution in [0.25, 0.3) is 6.08 Å². The lowest BCUT2D eigenvalue weighted by molar-refractivity contribution is 0.177. The van der Waals surface area contributed by atoms with Gasteiger partial charge in [0.1, 0.15) is 5.82 Å². The van der Waals surface area contributed by atoms with E-state index in [1.807, 2.05) is 19.1 Å². The molecule has 0 spiro atoms. The number of aliphatic hydroxyl groups is 1. The maximum atomic E-state index is 13.5. The molecular weight excluding hydrogens is 317 g/mol. The van der Waals surface area contributed by atoms with Crippen LogP contribution in [0.3, 0.4) is 0 Å². The van der Waals surface area contributed by atoms with Crippen molar-refractivity contribution >= 4 is 16.1 Å². The van der Waals surface area contributed by atoms with Crippen molar-refractivity contribution in [3.8, 4) is 0 Å². The SMILES string of the molecule is Cc1ccc(/C=C/S(=O)(=O)NCC(O)c2ccccc2F)cc1. The van der Waals surface area contributed by atoms with Crippen molar-refractivity contribution in [2.75, 3.05) is 6.54 Å². The summed E-state index contributed by atoms with van der Waals surface area (Å²) < 4.78 is 39.5. The summed E-state index contributed by atoms with van der Waals surface area (Å²) in [6.07, 6.45) is 0.204. The highest BCUT2D eigenvalue weighted by Gasteiger charge is 2.14. The van der Waals surface area contributed by atoms with Gasteiger partial charge in [0, 0.05) is 17.5 Å². The largest absolute Gasteiger partial charge is 0.387 e. The Morgan fingerprint density at radius 1 is 1.17 bits per heavy atom. The molecule has 0 heterocycles. The molecule has 0 bridgehead atoms. The fourth-order valence-corrected chi connectivity index (χ4v) is 2.77. The summed E-state index contributed by atoms with van der Waals surface area (Å²) in [7, 11) is -3.72. The summed E-state index contributed by atoms with van der Waals surface area (Å²) in [6.45, 7) is 1.64. The monoisotopic (exact) mass is 335 g/mol. The zero-order valence-electron chi connectivity index (χ0n) is 12.6. The highest BCUT2D eigenvalue weighted by atomic mass is 32.2. The number of aryl methyl sites for hydroxylation is 1. The zero-order chi connectivity index (χ0) is 16.9. The number of halogens is 1. The third-order valence-corrected chi connectivity index (χ3v) is 4.32. The molecule has 1 unspecified atom stereocenters. The first-order valence-corrected chi connectivity index (χ1v) is 8.59. The zero-order valence-corrected chi connectivity index (χ0v) is 13.4. The van der Waals surface area contributed by atoms with Crippen LogP contribution >= 0.6 is 0 Å². The molecule has 6 heteroatoms. The smallest absolute Gasteiger partial charge is 0.233 e. The standard InChI is InChI=1S/C17H18FNO3S/c1-13-6-8-14(9-7-13)10-11-23(21,22)19-12-17(20)15-4-2-3-5-16(15)18/h2-11,17,19-20H,12H2,1H3/b11-10+. The lowest BCUT2D eigenvalue weighted by Crippen LogP contribution is -2.27. The van der Waals surface area contributed by atoms with Gasteiger partial charge in [-0.05, 0) is 24.6 Å². The Labute approximate surface area is 135 Å². The molecule has 0 saturated carbocycles. The Bertz CT molecular complexity index is 786. The summed E-state index contributed by atoms with van der Waals surface area (Å²) in [6, 6.07) is 13.1. The average Bonchev–Trinajstić information content (AvgIpc) is 2.53. The second-order valence-electron chi connectivity index (χ2n) is 5.14. The van der Waals surface area contributed by atoms with E-state index in [9.17, 15) is 17.9 Å². The van der Waals surface area contributed by atoms with Crippen molar-refractivity contribution in [3.05, 3.63) is 76.4 Å². The molecule has 0 aliphatic carbocycles. The van der Waals surface area contributed by atoms with Gasteiger partial charge in [0.05, 0.1) is 6.10 Å². The molecule has 2 aromatic rings. The highest BCUT2D eigenvalue weighted by molar-refractivity contribution is 7.92. The van der Waals surface area contributed by atoms with Crippen LogP contribution in [0.4, 0.5) is 4.39 Å². The highest BCUT2D eigenvalue weighted by Crippen LogP contribution is 2.16. The van der Waals surface area contributed by atoms with Gasteiger partial charge in [0.15, 0.2) is 0 Å². The topological polar surface area (TPSA) is 66.4 Å². The minimum Gasteiger partial charge on any atom is -0.387 e. The molecule has 0 aromatic heterocycles. The maximum Gasteiger partial charge on any atom is 0.233 e.